The molecule has 1 aromatic rings. The zero-order chi connectivity index (χ0) is 47.0. The molecule has 0 spiro atoms. The highest BCUT2D eigenvalue weighted by atomic mass is 32.1. The number of likely N-dealkylation sites (tertiary alicyclic amines) is 1. The van der Waals surface area contributed by atoms with Gasteiger partial charge < -0.3 is 34.8 Å². The highest BCUT2D eigenvalue weighted by Gasteiger charge is 2.43. The van der Waals surface area contributed by atoms with E-state index in [0.29, 0.717) is 50.3 Å². The molecule has 352 valence electrons. The average Bonchev–Trinajstić information content (AvgIpc) is 3.87. The van der Waals surface area contributed by atoms with Crippen molar-refractivity contribution in [2.45, 2.75) is 143 Å². The van der Waals surface area contributed by atoms with Gasteiger partial charge in [0, 0.05) is 72.4 Å². The molecule has 0 radical (unpaired) electrons. The number of ether oxygens (including phenoxy) is 2. The number of amides is 6. The first kappa shape index (κ1) is 53.1. The zero-order valence-corrected chi connectivity index (χ0v) is 40.6. The number of methoxy groups -OCH3 is 2. The van der Waals surface area contributed by atoms with Crippen LogP contribution in [0.5, 0.6) is 0 Å². The third kappa shape index (κ3) is 14.7. The number of imide groups is 1. The van der Waals surface area contributed by atoms with E-state index in [-0.39, 0.29) is 78.2 Å². The minimum Gasteiger partial charge on any atom is -0.379 e. The summed E-state index contributed by atoms with van der Waals surface area (Å²) in [6.45, 7) is 15.2. The van der Waals surface area contributed by atoms with Crippen LogP contribution in [0.1, 0.15) is 105 Å². The molecule has 2 aliphatic heterocycles. The summed E-state index contributed by atoms with van der Waals surface area (Å²) in [5, 5.41) is 6.42. The monoisotopic (exact) mass is 897 g/mol. The van der Waals surface area contributed by atoms with Gasteiger partial charge in [0.15, 0.2) is 0 Å². The van der Waals surface area contributed by atoms with Gasteiger partial charge in [-0.3, -0.25) is 33.7 Å². The lowest BCUT2D eigenvalue weighted by molar-refractivity contribution is -0.148. The second-order valence-corrected chi connectivity index (χ2v) is 18.5. The minimum atomic E-state index is -0.908. The number of nitrogens with zero attached hydrogens (tertiary/aromatic N) is 4. The first-order valence-electron chi connectivity index (χ1n) is 22.9. The molecule has 8 atom stereocenters. The van der Waals surface area contributed by atoms with Crippen LogP contribution in [0.15, 0.2) is 42.5 Å². The number of likely N-dealkylation sites (N-methyl/N-ethyl adjacent to an activating group) is 2. The topological polar surface area (TPSA) is 158 Å². The van der Waals surface area contributed by atoms with E-state index in [9.17, 15) is 28.8 Å². The van der Waals surface area contributed by atoms with Gasteiger partial charge in [0.05, 0.1) is 35.7 Å². The summed E-state index contributed by atoms with van der Waals surface area (Å²) in [5.41, 5.74) is 1.22. The number of benzene rings is 1. The summed E-state index contributed by atoms with van der Waals surface area (Å²) in [4.78, 5) is 86.8. The number of nitrogens with one attached hydrogen (secondary N) is 2. The van der Waals surface area contributed by atoms with Gasteiger partial charge >= 0.3 is 0 Å². The van der Waals surface area contributed by atoms with Crippen molar-refractivity contribution >= 4 is 52.6 Å². The van der Waals surface area contributed by atoms with Gasteiger partial charge in [-0.15, -0.1) is 0 Å². The summed E-state index contributed by atoms with van der Waals surface area (Å²) in [7, 11) is 6.56. The highest BCUT2D eigenvalue weighted by molar-refractivity contribution is 7.80. The second-order valence-electron chi connectivity index (χ2n) is 18.0. The van der Waals surface area contributed by atoms with Crippen molar-refractivity contribution < 1.29 is 38.2 Å². The Balaban J connectivity index is 1.68. The quantitative estimate of drug-likeness (QED) is 0.0722. The molecule has 15 heteroatoms. The molecule has 1 saturated heterocycles. The molecular formula is C48H76N6O8S. The minimum absolute atomic E-state index is 0.0525. The van der Waals surface area contributed by atoms with E-state index in [1.54, 1.807) is 33.2 Å². The molecule has 14 nitrogen and oxygen atoms in total. The number of thiocarbonyl (C=S) groups is 1. The Kier molecular flexibility index (Phi) is 21.9. The molecule has 1 fully saturated rings. The van der Waals surface area contributed by atoms with Gasteiger partial charge in [-0.2, -0.15) is 0 Å². The molecule has 1 aromatic carbocycles. The van der Waals surface area contributed by atoms with E-state index in [0.717, 1.165) is 19.3 Å². The molecule has 0 aliphatic carbocycles. The first-order chi connectivity index (χ1) is 29.9. The maximum absolute atomic E-state index is 14.5. The van der Waals surface area contributed by atoms with E-state index in [4.69, 9.17) is 21.7 Å². The van der Waals surface area contributed by atoms with Crippen LogP contribution in [-0.2, 0) is 44.7 Å². The Morgan fingerprint density at radius 1 is 0.889 bits per heavy atom. The van der Waals surface area contributed by atoms with Crippen LogP contribution in [0.4, 0.5) is 0 Å². The van der Waals surface area contributed by atoms with Crippen molar-refractivity contribution in [2.24, 2.45) is 23.7 Å². The average molecular weight is 897 g/mol. The van der Waals surface area contributed by atoms with Crippen molar-refractivity contribution in [1.82, 2.24) is 30.2 Å². The predicted molar refractivity (Wildman–Crippen MR) is 249 cm³/mol. The molecule has 0 aromatic heterocycles. The summed E-state index contributed by atoms with van der Waals surface area (Å²) in [5.74, 6) is -2.41. The number of carbonyl (C=O) groups is 6. The van der Waals surface area contributed by atoms with E-state index >= 15 is 0 Å². The third-order valence-corrected chi connectivity index (χ3v) is 13.4. The molecule has 3 rings (SSSR count). The lowest BCUT2D eigenvalue weighted by atomic mass is 9.89. The summed E-state index contributed by atoms with van der Waals surface area (Å²) < 4.78 is 12.2. The fourth-order valence-electron chi connectivity index (χ4n) is 9.05. The Hall–Kier alpha value is -4.21. The Morgan fingerprint density at radius 3 is 2.11 bits per heavy atom. The molecule has 63 heavy (non-hydrogen) atoms. The number of hydrogen-bond donors (Lipinski definition) is 2. The summed E-state index contributed by atoms with van der Waals surface area (Å²) in [6, 6.07) is 7.82. The number of hydrogen-bond acceptors (Lipinski definition) is 9. The van der Waals surface area contributed by atoms with Crippen molar-refractivity contribution in [2.75, 3.05) is 47.9 Å². The lowest BCUT2D eigenvalue weighted by Crippen LogP contribution is -2.60. The number of carbonyl (C=O) groups excluding carboxylic acids is 6. The van der Waals surface area contributed by atoms with Gasteiger partial charge in [0.1, 0.15) is 12.1 Å². The van der Waals surface area contributed by atoms with Crippen LogP contribution in [0.2, 0.25) is 0 Å². The molecule has 0 bridgehead atoms. The van der Waals surface area contributed by atoms with E-state index in [1.807, 2.05) is 71.6 Å². The van der Waals surface area contributed by atoms with Crippen molar-refractivity contribution in [3.05, 3.63) is 48.0 Å². The van der Waals surface area contributed by atoms with Crippen LogP contribution in [0.25, 0.3) is 0 Å². The van der Waals surface area contributed by atoms with Crippen molar-refractivity contribution in [1.29, 1.82) is 0 Å². The van der Waals surface area contributed by atoms with Crippen molar-refractivity contribution in [3.8, 4) is 0 Å². The van der Waals surface area contributed by atoms with Crippen LogP contribution in [0, 0.1) is 23.7 Å². The zero-order valence-electron chi connectivity index (χ0n) is 39.8. The molecule has 0 saturated carbocycles. The van der Waals surface area contributed by atoms with Crippen LogP contribution in [-0.4, -0.2) is 144 Å². The largest absolute Gasteiger partial charge is 0.379 e. The molecule has 6 amide bonds. The van der Waals surface area contributed by atoms with Crippen LogP contribution < -0.4 is 10.6 Å². The Bertz CT molecular complexity index is 1710. The smallest absolute Gasteiger partial charge is 0.253 e. The van der Waals surface area contributed by atoms with Crippen LogP contribution >= 0.6 is 12.2 Å². The fraction of sp³-hybridized carbons (Fsp3) is 0.688. The molecular weight excluding hydrogens is 821 g/mol. The normalized spacial score (nSPS) is 18.5. The molecule has 0 unspecified atom stereocenters. The van der Waals surface area contributed by atoms with Crippen LogP contribution in [0.3, 0.4) is 0 Å². The molecule has 2 aliphatic rings. The van der Waals surface area contributed by atoms with E-state index in [2.05, 4.69) is 22.8 Å². The maximum Gasteiger partial charge on any atom is 0.253 e. The maximum atomic E-state index is 14.5. The van der Waals surface area contributed by atoms with Crippen molar-refractivity contribution in [3.63, 3.8) is 0 Å². The predicted octanol–water partition coefficient (Wildman–Crippen LogP) is 5.18. The standard InChI is InChI=1S/C48H76N6O8S/c1-12-33(6)44(37(61-10)30-41(58)53-29-19-22-36(53)45(62-11)34(7)47(63)49-27-26-35-20-15-13-16-21-35)52(9)48(60)42(31(2)3)50-46(59)43(32(4)5)51(8)38(55)23-17-14-18-28-54-39(56)24-25-40(54)57/h13,15-16,20-21,24-25,31-34,36-37,42-45H,12,14,17-19,22-23,26-30H2,1-11H3,(H,49,63)(H,50,59)/t33-,34+,36-,37+,42-,43-,44-,45+/m0/s1. The van der Waals surface area contributed by atoms with E-state index < -0.39 is 30.1 Å². The van der Waals surface area contributed by atoms with Gasteiger partial charge in [-0.25, -0.2) is 0 Å². The molecule has 2 N–H and O–H groups in total. The third-order valence-electron chi connectivity index (χ3n) is 12.9. The van der Waals surface area contributed by atoms with Gasteiger partial charge in [0.2, 0.25) is 23.6 Å². The summed E-state index contributed by atoms with van der Waals surface area (Å²) in [6.07, 6.45) is 6.71. The fourth-order valence-corrected chi connectivity index (χ4v) is 9.28. The Morgan fingerprint density at radius 2 is 1.54 bits per heavy atom. The lowest BCUT2D eigenvalue weighted by Gasteiger charge is -2.41. The van der Waals surface area contributed by atoms with Gasteiger partial charge in [-0.05, 0) is 55.4 Å². The first-order valence-corrected chi connectivity index (χ1v) is 23.3. The van der Waals surface area contributed by atoms with Gasteiger partial charge in [-0.1, -0.05) is 104 Å². The van der Waals surface area contributed by atoms with Gasteiger partial charge in [0.25, 0.3) is 11.8 Å². The van der Waals surface area contributed by atoms with E-state index in [1.165, 1.54) is 27.5 Å². The SMILES string of the molecule is CC[C@H](C)[C@@H]([C@@H](CC(=O)N1CCC[C@H]1[C@H](OC)[C@@H](C)C(=S)NCCc1ccccc1)OC)N(C)C(=O)[C@@H](NC(=O)[C@H](C(C)C)N(C)C(=O)CCCCCN1C(=O)C=CC1=O)C(C)C. The second kappa shape index (κ2) is 25.9. The highest BCUT2D eigenvalue weighted by Crippen LogP contribution is 2.30. The molecule has 2 heterocycles. The summed E-state index contributed by atoms with van der Waals surface area (Å²) >= 11 is 5.84. The number of rotatable bonds is 26. The Labute approximate surface area is 382 Å². The number of unbranched alkanes of at least 4 members (excludes halogenated alkanes) is 2.